The molecule has 1 amide bonds. The number of benzene rings is 1. The number of halogens is 2. The highest BCUT2D eigenvalue weighted by Crippen LogP contribution is 2.26. The highest BCUT2D eigenvalue weighted by atomic mass is 79.9. The molecule has 1 aliphatic rings. The van der Waals surface area contributed by atoms with Crippen LogP contribution in [-0.2, 0) is 4.74 Å². The molecule has 0 N–H and O–H groups in total. The zero-order chi connectivity index (χ0) is 17.0. The van der Waals surface area contributed by atoms with Gasteiger partial charge < -0.3 is 14.4 Å². The molecule has 0 spiro atoms. The highest BCUT2D eigenvalue weighted by molar-refractivity contribution is 9.10. The van der Waals surface area contributed by atoms with E-state index in [1.165, 1.54) is 0 Å². The Bertz CT molecular complexity index is 539. The van der Waals surface area contributed by atoms with Gasteiger partial charge in [-0.1, -0.05) is 27.5 Å². The first-order chi connectivity index (χ1) is 10.7. The second-order valence-electron chi connectivity index (χ2n) is 6.85. The van der Waals surface area contributed by atoms with Crippen LogP contribution in [0, 0.1) is 5.92 Å². The minimum absolute atomic E-state index is 0.243. The number of ether oxygens (including phenoxy) is 2. The van der Waals surface area contributed by atoms with Gasteiger partial charge in [0.15, 0.2) is 0 Å². The smallest absolute Gasteiger partial charge is 0.410 e. The maximum Gasteiger partial charge on any atom is 0.410 e. The van der Waals surface area contributed by atoms with Gasteiger partial charge in [0.2, 0.25) is 0 Å². The minimum atomic E-state index is -0.465. The van der Waals surface area contributed by atoms with Crippen LogP contribution < -0.4 is 4.74 Å². The van der Waals surface area contributed by atoms with Crippen molar-refractivity contribution in [1.29, 1.82) is 0 Å². The van der Waals surface area contributed by atoms with Gasteiger partial charge in [-0.2, -0.15) is 0 Å². The standard InChI is InChI=1S/C17H23BrClNO3/c1-17(2,3)23-16(21)20-6-4-5-12(10-20)11-22-15-8-13(18)7-14(19)9-15/h7-9,12H,4-6,10-11H2,1-3H3/t12-/m1/s1. The second-order valence-corrected chi connectivity index (χ2v) is 8.20. The molecule has 1 fully saturated rings. The summed E-state index contributed by atoms with van der Waals surface area (Å²) < 4.78 is 12.2. The van der Waals surface area contributed by atoms with Gasteiger partial charge in [0.25, 0.3) is 0 Å². The van der Waals surface area contributed by atoms with Crippen LogP contribution in [0.3, 0.4) is 0 Å². The van der Waals surface area contributed by atoms with Crippen LogP contribution in [-0.4, -0.2) is 36.3 Å². The fourth-order valence-electron chi connectivity index (χ4n) is 2.52. The highest BCUT2D eigenvalue weighted by Gasteiger charge is 2.27. The minimum Gasteiger partial charge on any atom is -0.493 e. The monoisotopic (exact) mass is 403 g/mol. The predicted molar refractivity (Wildman–Crippen MR) is 95.2 cm³/mol. The number of hydrogen-bond donors (Lipinski definition) is 0. The first-order valence-corrected chi connectivity index (χ1v) is 8.97. The molecule has 1 aromatic rings. The molecule has 0 radical (unpaired) electrons. The number of piperidine rings is 1. The van der Waals surface area contributed by atoms with Gasteiger partial charge in [-0.15, -0.1) is 0 Å². The van der Waals surface area contributed by atoms with Crippen LogP contribution in [0.2, 0.25) is 5.02 Å². The van der Waals surface area contributed by atoms with Gasteiger partial charge in [0.05, 0.1) is 6.61 Å². The Morgan fingerprint density at radius 3 is 2.78 bits per heavy atom. The summed E-state index contributed by atoms with van der Waals surface area (Å²) in [4.78, 5) is 13.9. The van der Waals surface area contributed by atoms with Crippen molar-refractivity contribution in [2.45, 2.75) is 39.2 Å². The number of carbonyl (C=O) groups is 1. The molecule has 4 nitrogen and oxygen atoms in total. The Morgan fingerprint density at radius 2 is 2.13 bits per heavy atom. The fourth-order valence-corrected chi connectivity index (χ4v) is 3.35. The summed E-state index contributed by atoms with van der Waals surface area (Å²) in [5.41, 5.74) is -0.465. The molecule has 128 valence electrons. The molecule has 2 rings (SSSR count). The summed E-state index contributed by atoms with van der Waals surface area (Å²) in [6, 6.07) is 5.50. The van der Waals surface area contributed by atoms with Gasteiger partial charge in [-0.05, 0) is 51.8 Å². The lowest BCUT2D eigenvalue weighted by Gasteiger charge is -2.34. The van der Waals surface area contributed by atoms with E-state index in [1.54, 1.807) is 11.0 Å². The molecule has 0 unspecified atom stereocenters. The Labute approximate surface area is 151 Å². The first-order valence-electron chi connectivity index (χ1n) is 7.80. The largest absolute Gasteiger partial charge is 0.493 e. The molecule has 0 bridgehead atoms. The van der Waals surface area contributed by atoms with Crippen LogP contribution in [0.1, 0.15) is 33.6 Å². The van der Waals surface area contributed by atoms with Crippen molar-refractivity contribution in [1.82, 2.24) is 4.90 Å². The quantitative estimate of drug-likeness (QED) is 0.701. The van der Waals surface area contributed by atoms with Crippen molar-refractivity contribution in [3.05, 3.63) is 27.7 Å². The van der Waals surface area contributed by atoms with Crippen molar-refractivity contribution >= 4 is 33.6 Å². The van der Waals surface area contributed by atoms with Crippen molar-refractivity contribution in [2.24, 2.45) is 5.92 Å². The molecule has 1 heterocycles. The van der Waals surface area contributed by atoms with Crippen LogP contribution >= 0.6 is 27.5 Å². The molecule has 6 heteroatoms. The summed E-state index contributed by atoms with van der Waals surface area (Å²) in [6.45, 7) is 7.61. The molecule has 1 aromatic carbocycles. The van der Waals surface area contributed by atoms with E-state index in [0.717, 1.165) is 29.6 Å². The van der Waals surface area contributed by atoms with Crippen molar-refractivity contribution in [3.8, 4) is 5.75 Å². The average Bonchev–Trinajstić information content (AvgIpc) is 2.43. The molecule has 1 atom stereocenters. The Kier molecular flexibility index (Phi) is 6.20. The molecule has 0 aromatic heterocycles. The second kappa shape index (κ2) is 7.75. The number of nitrogens with zero attached hydrogens (tertiary/aromatic N) is 1. The van der Waals surface area contributed by atoms with Gasteiger partial charge in [-0.3, -0.25) is 0 Å². The molecule has 23 heavy (non-hydrogen) atoms. The van der Waals surface area contributed by atoms with Gasteiger partial charge in [0, 0.05) is 28.5 Å². The average molecular weight is 405 g/mol. The maximum absolute atomic E-state index is 12.2. The van der Waals surface area contributed by atoms with E-state index in [0.29, 0.717) is 24.1 Å². The third kappa shape index (κ3) is 6.22. The SMILES string of the molecule is CC(C)(C)OC(=O)N1CCC[C@@H](COc2cc(Cl)cc(Br)c2)C1. The third-order valence-electron chi connectivity index (χ3n) is 3.49. The Morgan fingerprint density at radius 1 is 1.39 bits per heavy atom. The number of likely N-dealkylation sites (tertiary alicyclic amines) is 1. The van der Waals surface area contributed by atoms with Gasteiger partial charge in [-0.25, -0.2) is 4.79 Å². The number of hydrogen-bond acceptors (Lipinski definition) is 3. The number of amides is 1. The number of rotatable bonds is 3. The van der Waals surface area contributed by atoms with E-state index in [-0.39, 0.29) is 6.09 Å². The zero-order valence-corrected chi connectivity index (χ0v) is 16.1. The molecule has 1 saturated heterocycles. The predicted octanol–water partition coefficient (Wildman–Crippen LogP) is 5.13. The molecule has 1 aliphatic heterocycles. The van der Waals surface area contributed by atoms with Crippen LogP contribution in [0.15, 0.2) is 22.7 Å². The molecule has 0 saturated carbocycles. The van der Waals surface area contributed by atoms with E-state index in [4.69, 9.17) is 21.1 Å². The summed E-state index contributed by atoms with van der Waals surface area (Å²) in [5, 5.41) is 0.633. The fraction of sp³-hybridized carbons (Fsp3) is 0.588. The van der Waals surface area contributed by atoms with Crippen LogP contribution in [0.5, 0.6) is 5.75 Å². The van der Waals surface area contributed by atoms with Crippen molar-refractivity contribution in [3.63, 3.8) is 0 Å². The Hall–Kier alpha value is -0.940. The molecular weight excluding hydrogens is 382 g/mol. The topological polar surface area (TPSA) is 38.8 Å². The summed E-state index contributed by atoms with van der Waals surface area (Å²) in [6.07, 6.45) is 1.76. The van der Waals surface area contributed by atoms with Gasteiger partial charge in [0.1, 0.15) is 11.4 Å². The summed E-state index contributed by atoms with van der Waals surface area (Å²) in [7, 11) is 0. The summed E-state index contributed by atoms with van der Waals surface area (Å²) in [5.74, 6) is 1.03. The molecular formula is C17H23BrClNO3. The van der Waals surface area contributed by atoms with E-state index < -0.39 is 5.60 Å². The lowest BCUT2D eigenvalue weighted by molar-refractivity contribution is 0.0139. The van der Waals surface area contributed by atoms with E-state index in [1.807, 2.05) is 32.9 Å². The van der Waals surface area contributed by atoms with E-state index in [9.17, 15) is 4.79 Å². The normalized spacial score (nSPS) is 18.7. The number of carbonyl (C=O) groups excluding carboxylic acids is 1. The maximum atomic E-state index is 12.2. The lowest BCUT2D eigenvalue weighted by Crippen LogP contribution is -2.44. The van der Waals surface area contributed by atoms with Crippen molar-refractivity contribution in [2.75, 3.05) is 19.7 Å². The molecule has 0 aliphatic carbocycles. The lowest BCUT2D eigenvalue weighted by atomic mass is 9.99. The third-order valence-corrected chi connectivity index (χ3v) is 4.17. The van der Waals surface area contributed by atoms with Crippen molar-refractivity contribution < 1.29 is 14.3 Å². The summed E-state index contributed by atoms with van der Waals surface area (Å²) >= 11 is 9.42. The van der Waals surface area contributed by atoms with E-state index >= 15 is 0 Å². The first kappa shape index (κ1) is 18.4. The van der Waals surface area contributed by atoms with E-state index in [2.05, 4.69) is 15.9 Å². The zero-order valence-electron chi connectivity index (χ0n) is 13.8. The van der Waals surface area contributed by atoms with Crippen LogP contribution in [0.25, 0.3) is 0 Å². The Balaban J connectivity index is 1.87. The van der Waals surface area contributed by atoms with Crippen LogP contribution in [0.4, 0.5) is 4.79 Å². The van der Waals surface area contributed by atoms with Gasteiger partial charge >= 0.3 is 6.09 Å².